The Morgan fingerprint density at radius 1 is 0.489 bits per heavy atom. The summed E-state index contributed by atoms with van der Waals surface area (Å²) < 4.78 is 0. The first kappa shape index (κ1) is 80.5. The van der Waals surface area contributed by atoms with Gasteiger partial charge in [0.1, 0.15) is 36.0 Å². The van der Waals surface area contributed by atoms with Crippen LogP contribution in [-0.4, -0.2) is 239 Å². The molecule has 2 fully saturated rings. The fourth-order valence-corrected chi connectivity index (χ4v) is 12.7. The molecule has 2 aliphatic heterocycles. The zero-order chi connectivity index (χ0) is 69.3. The molecule has 0 spiro atoms. The highest BCUT2D eigenvalue weighted by molar-refractivity contribution is 5.99. The zero-order valence-electron chi connectivity index (χ0n) is 59.4. The van der Waals surface area contributed by atoms with E-state index >= 15 is 19.2 Å². The molecule has 22 nitrogen and oxygen atoms in total. The number of aliphatic hydroxyl groups is 1. The van der Waals surface area contributed by atoms with Crippen LogP contribution in [0.4, 0.5) is 0 Å². The van der Waals surface area contributed by atoms with Crippen LogP contribution in [0, 0.1) is 59.2 Å². The van der Waals surface area contributed by atoms with Crippen LogP contribution in [0.5, 0.6) is 0 Å². The molecule has 0 radical (unpaired) electrons. The van der Waals surface area contributed by atoms with Gasteiger partial charge < -0.3 is 44.7 Å². The van der Waals surface area contributed by atoms with Gasteiger partial charge in [-0.15, -0.1) is 0 Å². The first-order valence-corrected chi connectivity index (χ1v) is 33.3. The molecule has 90 heavy (non-hydrogen) atoms. The number of hydrogen-bond donors (Lipinski definition) is 2. The Hall–Kier alpha value is -5.64. The molecule has 0 aromatic rings. The number of carbonyl (C=O) groups excluding carboxylic acids is 12. The van der Waals surface area contributed by atoms with Crippen LogP contribution >= 0.6 is 0 Å². The molecule has 0 aromatic carbocycles. The van der Waals surface area contributed by atoms with Crippen molar-refractivity contribution >= 4 is 70.4 Å². The van der Waals surface area contributed by atoms with Crippen LogP contribution < -0.4 is 5.32 Å². The van der Waals surface area contributed by atoms with Crippen LogP contribution in [0.15, 0.2) is 0 Å². The van der Waals surface area contributed by atoms with Crippen molar-refractivity contribution in [3.8, 4) is 0 Å². The zero-order valence-corrected chi connectivity index (χ0v) is 59.4. The van der Waals surface area contributed by atoms with Crippen molar-refractivity contribution in [3.63, 3.8) is 0 Å². The molecule has 2 heterocycles. The van der Waals surface area contributed by atoms with Crippen LogP contribution in [0.1, 0.15) is 181 Å². The van der Waals surface area contributed by atoms with E-state index < -0.39 is 161 Å². The number of Topliss-reactive ketones (excluding diaryl/α,β-unsaturated/α-hetero) is 4. The second kappa shape index (κ2) is 36.6. The van der Waals surface area contributed by atoms with Gasteiger partial charge in [-0.25, -0.2) is 0 Å². The Morgan fingerprint density at radius 3 is 1.42 bits per heavy atom. The summed E-state index contributed by atoms with van der Waals surface area (Å²) in [5, 5.41) is 15.2. The molecular weight excluding hydrogens is 1150 g/mol. The van der Waals surface area contributed by atoms with Crippen molar-refractivity contribution in [1.82, 2.24) is 44.5 Å². The number of nitrogens with zero attached hydrogens (tertiary/aromatic N) is 8. The second-order valence-corrected chi connectivity index (χ2v) is 28.9. The summed E-state index contributed by atoms with van der Waals surface area (Å²) >= 11 is 0. The fraction of sp³-hybridized carbons (Fsp3) is 0.824. The average Bonchev–Trinajstić information content (AvgIpc) is 0.954. The van der Waals surface area contributed by atoms with E-state index in [2.05, 4.69) is 5.32 Å². The quantitative estimate of drug-likeness (QED) is 0.190. The Kier molecular flexibility index (Phi) is 32.7. The van der Waals surface area contributed by atoms with Gasteiger partial charge in [0, 0.05) is 92.8 Å². The summed E-state index contributed by atoms with van der Waals surface area (Å²) in [6.45, 7) is 29.6. The predicted octanol–water partition coefficient (Wildman–Crippen LogP) is 5.63. The average molecular weight is 1270 g/mol. The number of nitrogens with one attached hydrogen (secondary N) is 1. The van der Waals surface area contributed by atoms with Crippen molar-refractivity contribution in [1.29, 1.82) is 0 Å². The van der Waals surface area contributed by atoms with Crippen molar-refractivity contribution in [2.45, 2.75) is 230 Å². The largest absolute Gasteiger partial charge is 0.390 e. The maximum atomic E-state index is 15.4. The summed E-state index contributed by atoms with van der Waals surface area (Å²) in [4.78, 5) is 185. The summed E-state index contributed by atoms with van der Waals surface area (Å²) in [6.07, 6.45) is -0.0624. The number of amides is 8. The topological polar surface area (TPSA) is 263 Å². The van der Waals surface area contributed by atoms with E-state index in [1.54, 1.807) is 48.5 Å². The molecule has 22 heteroatoms. The SMILES string of the molecule is CC[C@H]1CC(=O)[C@@H]([C@H](O)[C@H](C)CCN2CCCC(=O)C2)N(C)C(=O)[C@@H](C(C)C)N(C)C(=O)[C@@H](CC(C)C)N(C)C(=O)[C@@H](CC(C)C)N(C)C(=O)[C@H](C)NC(=O)[C@@H](C)CC(=O)[C@@H](CC(C)C)N(C)C(=O)[C@@H](C(C)C)CC(=O)[C@H](CC(C)C)N(C)C(=O)CN(C)C1=O. The van der Waals surface area contributed by atoms with Gasteiger partial charge in [0.15, 0.2) is 17.3 Å². The Bertz CT molecular complexity index is 2480. The maximum Gasteiger partial charge on any atom is 0.246 e. The highest BCUT2D eigenvalue weighted by Crippen LogP contribution is 2.29. The minimum Gasteiger partial charge on any atom is -0.390 e. The van der Waals surface area contributed by atoms with Gasteiger partial charge in [-0.3, -0.25) is 62.4 Å². The maximum absolute atomic E-state index is 15.4. The van der Waals surface area contributed by atoms with Crippen molar-refractivity contribution in [2.75, 3.05) is 75.5 Å². The van der Waals surface area contributed by atoms with E-state index in [4.69, 9.17) is 0 Å². The highest BCUT2D eigenvalue weighted by Gasteiger charge is 2.46. The molecule has 2 N–H and O–H groups in total. The van der Waals surface area contributed by atoms with Gasteiger partial charge in [-0.05, 0) is 106 Å². The molecular formula is C68H119N9O13. The van der Waals surface area contributed by atoms with E-state index in [1.165, 1.54) is 85.7 Å². The number of ketones is 4. The number of aliphatic hydroxyl groups excluding tert-OH is 1. The van der Waals surface area contributed by atoms with E-state index in [0.717, 1.165) is 4.90 Å². The molecule has 0 aliphatic carbocycles. The minimum absolute atomic E-state index is 0.0726. The molecule has 0 unspecified atom stereocenters. The molecule has 2 aliphatic rings. The van der Waals surface area contributed by atoms with E-state index in [9.17, 15) is 43.5 Å². The molecule has 514 valence electrons. The van der Waals surface area contributed by atoms with Crippen LogP contribution in [0.25, 0.3) is 0 Å². The molecule has 12 atom stereocenters. The Morgan fingerprint density at radius 2 is 0.944 bits per heavy atom. The van der Waals surface area contributed by atoms with Crippen molar-refractivity contribution in [3.05, 3.63) is 0 Å². The summed E-state index contributed by atoms with van der Waals surface area (Å²) in [7, 11) is 10.2. The van der Waals surface area contributed by atoms with Gasteiger partial charge in [-0.1, -0.05) is 104 Å². The summed E-state index contributed by atoms with van der Waals surface area (Å²) in [5.41, 5.74) is 0. The monoisotopic (exact) mass is 1270 g/mol. The number of likely N-dealkylation sites (N-methyl/N-ethyl adjacent to an activating group) is 7. The third-order valence-electron chi connectivity index (χ3n) is 18.5. The van der Waals surface area contributed by atoms with Gasteiger partial charge in [0.2, 0.25) is 47.3 Å². The number of rotatable bonds is 16. The summed E-state index contributed by atoms with van der Waals surface area (Å²) in [5.74, 6) is -11.0. The number of likely N-dealkylation sites (tertiary alicyclic amines) is 1. The normalized spacial score (nSPS) is 27.5. The molecule has 0 bridgehead atoms. The lowest BCUT2D eigenvalue weighted by Crippen LogP contribution is -2.62. The van der Waals surface area contributed by atoms with Crippen molar-refractivity contribution < 1.29 is 62.6 Å². The smallest absolute Gasteiger partial charge is 0.246 e. The Balaban J connectivity index is 2.97. The molecule has 0 saturated carbocycles. The molecule has 2 saturated heterocycles. The van der Waals surface area contributed by atoms with Gasteiger partial charge in [0.25, 0.3) is 0 Å². The lowest BCUT2D eigenvalue weighted by Gasteiger charge is -2.42. The van der Waals surface area contributed by atoms with Gasteiger partial charge in [-0.2, -0.15) is 0 Å². The van der Waals surface area contributed by atoms with Crippen LogP contribution in [0.3, 0.4) is 0 Å². The van der Waals surface area contributed by atoms with Gasteiger partial charge >= 0.3 is 0 Å². The fourth-order valence-electron chi connectivity index (χ4n) is 12.7. The van der Waals surface area contributed by atoms with Crippen LogP contribution in [-0.2, 0) is 57.5 Å². The molecule has 0 aromatic heterocycles. The highest BCUT2D eigenvalue weighted by atomic mass is 16.3. The third-order valence-corrected chi connectivity index (χ3v) is 18.5. The number of carbonyl (C=O) groups is 12. The van der Waals surface area contributed by atoms with Gasteiger partial charge in [0.05, 0.1) is 31.3 Å². The van der Waals surface area contributed by atoms with E-state index in [-0.39, 0.29) is 80.9 Å². The molecule has 8 amide bonds. The minimum atomic E-state index is -1.54. The first-order valence-electron chi connectivity index (χ1n) is 33.3. The predicted molar refractivity (Wildman–Crippen MR) is 348 cm³/mol. The van der Waals surface area contributed by atoms with E-state index in [0.29, 0.717) is 32.4 Å². The number of piperidine rings is 1. The second-order valence-electron chi connectivity index (χ2n) is 28.9. The lowest BCUT2D eigenvalue weighted by molar-refractivity contribution is -0.157. The third kappa shape index (κ3) is 22.6. The Labute approximate surface area is 540 Å². The van der Waals surface area contributed by atoms with Crippen molar-refractivity contribution in [2.24, 2.45) is 59.2 Å². The molecule has 2 rings (SSSR count). The summed E-state index contributed by atoms with van der Waals surface area (Å²) in [6, 6.07) is -8.25. The standard InChI is InChI=1S/C68H119N9O13/c1-24-48-35-57(81)60(61(83)45(14)27-29-77-28-25-26-49(78)37-77)76(23)68(90)59(44(12)13)75(22)67(89)54(33-42(8)9)74(21)66(88)53(32-41(6)7)73(20)63(85)47(16)69-62(84)46(15)34-55(79)52(31-40(4)5)72(19)65(87)50(43(10)11)36-56(80)51(30-39(2)3)71(18)58(82)38-70(17)64(48)86/h39-48,50-54,59-61,83H,24-38H2,1-23H3,(H,69,84)/t45-,46+,47+,48+,50-,51+,52-,53-,54-,59-,60+,61-/m1/s1. The number of hydrogen-bond acceptors (Lipinski definition) is 14. The van der Waals surface area contributed by atoms with Crippen LogP contribution in [0.2, 0.25) is 0 Å². The first-order chi connectivity index (χ1) is 41.6. The van der Waals surface area contributed by atoms with E-state index in [1.807, 2.05) is 60.3 Å². The lowest BCUT2D eigenvalue weighted by atomic mass is 9.84.